The molecule has 0 saturated heterocycles. The van der Waals surface area contributed by atoms with Gasteiger partial charge < -0.3 is 24.7 Å². The van der Waals surface area contributed by atoms with Crippen molar-refractivity contribution < 1.29 is 13.9 Å². The number of hydrogen-bond acceptors (Lipinski definition) is 6. The lowest BCUT2D eigenvalue weighted by Gasteiger charge is -2.12. The first-order chi connectivity index (χ1) is 14.8. The molecule has 2 N–H and O–H groups in total. The maximum Gasteiger partial charge on any atom is 0.283 e. The molecule has 0 fully saturated rings. The molecule has 0 spiro atoms. The fourth-order valence-electron chi connectivity index (χ4n) is 3.05. The third-order valence-electron chi connectivity index (χ3n) is 4.81. The van der Waals surface area contributed by atoms with Gasteiger partial charge in [0.05, 0.1) is 32.0 Å². The summed E-state index contributed by atoms with van der Waals surface area (Å²) in [5, 5.41) is 3.07. The van der Waals surface area contributed by atoms with E-state index in [2.05, 4.69) is 20.3 Å². The van der Waals surface area contributed by atoms with Crippen molar-refractivity contribution in [3.63, 3.8) is 0 Å². The SMILES string of the molecule is COc1cc2[nH]c(CNCc3cccc(/N=C(\C)N(C)C)c3)nc(=O)c2c(F)c1OC. The van der Waals surface area contributed by atoms with E-state index in [1.807, 2.05) is 50.2 Å². The van der Waals surface area contributed by atoms with Crippen molar-refractivity contribution in [1.29, 1.82) is 0 Å². The molecule has 164 valence electrons. The summed E-state index contributed by atoms with van der Waals surface area (Å²) in [6.45, 7) is 2.79. The van der Waals surface area contributed by atoms with E-state index in [4.69, 9.17) is 9.47 Å². The molecule has 0 aliphatic heterocycles. The summed E-state index contributed by atoms with van der Waals surface area (Å²) in [5.74, 6) is 0.568. The molecule has 0 radical (unpaired) electrons. The van der Waals surface area contributed by atoms with Gasteiger partial charge >= 0.3 is 0 Å². The Morgan fingerprint density at radius 1 is 1.23 bits per heavy atom. The van der Waals surface area contributed by atoms with Crippen molar-refractivity contribution in [2.45, 2.75) is 20.0 Å². The van der Waals surface area contributed by atoms with Crippen LogP contribution >= 0.6 is 0 Å². The van der Waals surface area contributed by atoms with Crippen LogP contribution in [-0.2, 0) is 13.1 Å². The van der Waals surface area contributed by atoms with E-state index in [9.17, 15) is 9.18 Å². The molecule has 2 aromatic carbocycles. The zero-order chi connectivity index (χ0) is 22.5. The number of ether oxygens (including phenoxy) is 2. The molecular formula is C22H26FN5O3. The number of rotatable bonds is 7. The van der Waals surface area contributed by atoms with Crippen molar-refractivity contribution in [1.82, 2.24) is 20.2 Å². The number of amidine groups is 1. The van der Waals surface area contributed by atoms with Gasteiger partial charge in [-0.3, -0.25) is 4.79 Å². The quantitative estimate of drug-likeness (QED) is 0.445. The van der Waals surface area contributed by atoms with Crippen LogP contribution in [0.25, 0.3) is 10.9 Å². The normalized spacial score (nSPS) is 11.6. The fraction of sp³-hybridized carbons (Fsp3) is 0.318. The topological polar surface area (TPSA) is 91.8 Å². The summed E-state index contributed by atoms with van der Waals surface area (Å²) in [5.41, 5.74) is 1.52. The molecule has 0 aliphatic rings. The van der Waals surface area contributed by atoms with E-state index in [1.165, 1.54) is 20.3 Å². The summed E-state index contributed by atoms with van der Waals surface area (Å²) < 4.78 is 24.8. The summed E-state index contributed by atoms with van der Waals surface area (Å²) in [6.07, 6.45) is 0. The molecule has 1 heterocycles. The first-order valence-electron chi connectivity index (χ1n) is 9.69. The van der Waals surface area contributed by atoms with E-state index in [0.717, 1.165) is 17.1 Å². The van der Waals surface area contributed by atoms with Gasteiger partial charge in [-0.2, -0.15) is 4.98 Å². The van der Waals surface area contributed by atoms with Gasteiger partial charge in [-0.1, -0.05) is 12.1 Å². The molecule has 0 bridgehead atoms. The number of H-pyrrole nitrogens is 1. The van der Waals surface area contributed by atoms with Crippen LogP contribution < -0.4 is 20.3 Å². The van der Waals surface area contributed by atoms with Crippen molar-refractivity contribution in [3.05, 3.63) is 57.9 Å². The van der Waals surface area contributed by atoms with Crippen LogP contribution in [0.15, 0.2) is 40.1 Å². The Hall–Kier alpha value is -3.46. The average molecular weight is 427 g/mol. The fourth-order valence-corrected chi connectivity index (χ4v) is 3.05. The second-order valence-electron chi connectivity index (χ2n) is 7.16. The van der Waals surface area contributed by atoms with Gasteiger partial charge in [-0.25, -0.2) is 9.38 Å². The highest BCUT2D eigenvalue weighted by Crippen LogP contribution is 2.33. The van der Waals surface area contributed by atoms with E-state index in [-0.39, 0.29) is 16.9 Å². The molecule has 0 amide bonds. The molecule has 31 heavy (non-hydrogen) atoms. The van der Waals surface area contributed by atoms with E-state index in [1.54, 1.807) is 0 Å². The van der Waals surface area contributed by atoms with Gasteiger partial charge in [0.25, 0.3) is 5.56 Å². The van der Waals surface area contributed by atoms with Gasteiger partial charge in [0.15, 0.2) is 17.3 Å². The Balaban J connectivity index is 1.78. The number of hydrogen-bond donors (Lipinski definition) is 2. The first-order valence-corrected chi connectivity index (χ1v) is 9.69. The lowest BCUT2D eigenvalue weighted by Crippen LogP contribution is -2.20. The highest BCUT2D eigenvalue weighted by Gasteiger charge is 2.18. The highest BCUT2D eigenvalue weighted by atomic mass is 19.1. The number of aromatic amines is 1. The molecule has 1 aromatic heterocycles. The second kappa shape index (κ2) is 9.57. The minimum Gasteiger partial charge on any atom is -0.493 e. The van der Waals surface area contributed by atoms with Crippen molar-refractivity contribution >= 4 is 22.4 Å². The number of halogens is 1. The van der Waals surface area contributed by atoms with Crippen LogP contribution in [0.3, 0.4) is 0 Å². The minimum atomic E-state index is -0.796. The molecule has 0 unspecified atom stereocenters. The van der Waals surface area contributed by atoms with Gasteiger partial charge in [0, 0.05) is 26.7 Å². The highest BCUT2D eigenvalue weighted by molar-refractivity contribution is 5.83. The Morgan fingerprint density at radius 3 is 2.68 bits per heavy atom. The van der Waals surface area contributed by atoms with Crippen LogP contribution in [0.4, 0.5) is 10.1 Å². The van der Waals surface area contributed by atoms with Gasteiger partial charge in [0.1, 0.15) is 17.0 Å². The summed E-state index contributed by atoms with van der Waals surface area (Å²) >= 11 is 0. The molecule has 3 rings (SSSR count). The standard InChI is InChI=1S/C22H26FN5O3/c1-13(28(2)3)25-15-8-6-7-14(9-15)11-24-12-18-26-16-10-17(30-4)21(31-5)20(23)19(16)22(29)27-18/h6-10,24H,11-12H2,1-5H3,(H,26,27,29)/b25-13+. The van der Waals surface area contributed by atoms with Crippen LogP contribution in [0.2, 0.25) is 0 Å². The predicted octanol–water partition coefficient (Wildman–Crippen LogP) is 2.98. The number of aliphatic imine (C=N–C) groups is 1. The first kappa shape index (κ1) is 22.2. The second-order valence-corrected chi connectivity index (χ2v) is 7.16. The van der Waals surface area contributed by atoms with E-state index < -0.39 is 11.4 Å². The molecule has 0 aliphatic carbocycles. The van der Waals surface area contributed by atoms with Gasteiger partial charge in [0.2, 0.25) is 0 Å². The summed E-state index contributed by atoms with van der Waals surface area (Å²) in [7, 11) is 6.61. The van der Waals surface area contributed by atoms with Crippen molar-refractivity contribution in [2.24, 2.45) is 4.99 Å². The van der Waals surface area contributed by atoms with Crippen LogP contribution in [0.5, 0.6) is 11.5 Å². The third kappa shape index (κ3) is 5.00. The molecule has 8 nitrogen and oxygen atoms in total. The number of nitrogens with zero attached hydrogens (tertiary/aromatic N) is 3. The predicted molar refractivity (Wildman–Crippen MR) is 119 cm³/mol. The Labute approximate surface area is 179 Å². The number of aromatic nitrogens is 2. The van der Waals surface area contributed by atoms with Crippen molar-refractivity contribution in [3.8, 4) is 11.5 Å². The van der Waals surface area contributed by atoms with Crippen LogP contribution in [0.1, 0.15) is 18.3 Å². The third-order valence-corrected chi connectivity index (χ3v) is 4.81. The summed E-state index contributed by atoms with van der Waals surface area (Å²) in [6, 6.07) is 9.38. The molecule has 9 heteroatoms. The van der Waals surface area contributed by atoms with Crippen LogP contribution in [0, 0.1) is 5.82 Å². The number of benzene rings is 2. The Kier molecular flexibility index (Phi) is 6.86. The number of methoxy groups -OCH3 is 2. The Morgan fingerprint density at radius 2 is 2.00 bits per heavy atom. The lowest BCUT2D eigenvalue weighted by molar-refractivity contribution is 0.339. The van der Waals surface area contributed by atoms with Crippen molar-refractivity contribution in [2.75, 3.05) is 28.3 Å². The maximum absolute atomic E-state index is 14.7. The minimum absolute atomic E-state index is 0.125. The largest absolute Gasteiger partial charge is 0.493 e. The Bertz CT molecular complexity index is 1170. The molecular weight excluding hydrogens is 401 g/mol. The average Bonchev–Trinajstić information content (AvgIpc) is 2.73. The molecule has 0 saturated carbocycles. The monoisotopic (exact) mass is 427 g/mol. The molecule has 0 atom stereocenters. The summed E-state index contributed by atoms with van der Waals surface area (Å²) in [4.78, 5) is 25.9. The van der Waals surface area contributed by atoms with Gasteiger partial charge in [-0.15, -0.1) is 0 Å². The number of nitrogens with one attached hydrogen (secondary N) is 2. The van der Waals surface area contributed by atoms with Gasteiger partial charge in [-0.05, 0) is 24.6 Å². The van der Waals surface area contributed by atoms with Crippen LogP contribution in [-0.4, -0.2) is 49.0 Å². The smallest absolute Gasteiger partial charge is 0.283 e. The van der Waals surface area contributed by atoms with E-state index in [0.29, 0.717) is 24.4 Å². The van der Waals surface area contributed by atoms with E-state index >= 15 is 0 Å². The number of fused-ring (bicyclic) bond motifs is 1. The molecule has 3 aromatic rings. The zero-order valence-corrected chi connectivity index (χ0v) is 18.2. The lowest BCUT2D eigenvalue weighted by atomic mass is 10.2. The maximum atomic E-state index is 14.7. The zero-order valence-electron chi connectivity index (χ0n) is 18.2.